The fourth-order valence-corrected chi connectivity index (χ4v) is 6.02. The van der Waals surface area contributed by atoms with E-state index in [9.17, 15) is 20.4 Å². The van der Waals surface area contributed by atoms with Crippen molar-refractivity contribution in [2.75, 3.05) is 19.8 Å². The number of rotatable bonds is 24. The molecule has 0 bridgehead atoms. The molecule has 0 saturated heterocycles. The van der Waals surface area contributed by atoms with Gasteiger partial charge in [-0.3, -0.25) is 0 Å². The van der Waals surface area contributed by atoms with Gasteiger partial charge in [-0.05, 0) is 47.9 Å². The first-order chi connectivity index (χ1) is 24.0. The average molecular weight is 765 g/mol. The van der Waals surface area contributed by atoms with E-state index in [0.717, 1.165) is 25.7 Å². The van der Waals surface area contributed by atoms with Crippen molar-refractivity contribution in [3.05, 3.63) is 70.8 Å². The van der Waals surface area contributed by atoms with E-state index in [-0.39, 0.29) is 0 Å². The van der Waals surface area contributed by atoms with E-state index in [1.807, 2.05) is 48.5 Å². The second-order valence-corrected chi connectivity index (χ2v) is 15.4. The van der Waals surface area contributed by atoms with E-state index in [4.69, 9.17) is 38.5 Å². The molecule has 0 amide bonds. The van der Waals surface area contributed by atoms with Gasteiger partial charge in [0.2, 0.25) is 0 Å². The monoisotopic (exact) mass is 764 g/mol. The van der Waals surface area contributed by atoms with Crippen molar-refractivity contribution < 1.29 is 58.9 Å². The fourth-order valence-electron chi connectivity index (χ4n) is 6.02. The van der Waals surface area contributed by atoms with E-state index >= 15 is 0 Å². The molecule has 2 aromatic rings. The highest BCUT2D eigenvalue weighted by molar-refractivity contribution is 7.45. The van der Waals surface area contributed by atoms with Crippen molar-refractivity contribution in [3.63, 3.8) is 0 Å². The summed E-state index contributed by atoms with van der Waals surface area (Å²) in [6.07, 6.45) is 22.5. The van der Waals surface area contributed by atoms with Crippen LogP contribution >= 0.6 is 15.6 Å². The molecule has 2 rings (SSSR count). The molecule has 0 atom stereocenters. The second kappa shape index (κ2) is 27.1. The van der Waals surface area contributed by atoms with E-state index < -0.39 is 46.5 Å². The van der Waals surface area contributed by atoms with Crippen LogP contribution in [0.5, 0.6) is 0 Å². The Hall–Kier alpha value is -1.50. The van der Waals surface area contributed by atoms with Crippen LogP contribution in [-0.4, -0.2) is 69.6 Å². The summed E-state index contributed by atoms with van der Waals surface area (Å²) < 4.78 is 17.8. The van der Waals surface area contributed by atoms with Crippen LogP contribution in [0.25, 0.3) is 0 Å². The number of benzene rings is 2. The van der Waals surface area contributed by atoms with Crippen molar-refractivity contribution >= 4 is 15.6 Å². The van der Waals surface area contributed by atoms with Gasteiger partial charge in [0, 0.05) is 0 Å². The minimum atomic E-state index is -4.64. The highest BCUT2D eigenvalue weighted by Gasteiger charge is 2.52. The molecule has 12 nitrogen and oxygen atoms in total. The summed E-state index contributed by atoms with van der Waals surface area (Å²) >= 11 is 0. The molecule has 14 heteroatoms. The maximum absolute atomic E-state index is 12.2. The largest absolute Gasteiger partial charge is 0.466 e. The van der Waals surface area contributed by atoms with Crippen molar-refractivity contribution in [2.24, 2.45) is 5.41 Å². The molecule has 296 valence electrons. The second-order valence-electron chi connectivity index (χ2n) is 13.3. The average Bonchev–Trinajstić information content (AvgIpc) is 3.07. The molecule has 0 fully saturated rings. The van der Waals surface area contributed by atoms with E-state index in [2.05, 4.69) is 13.8 Å². The Morgan fingerprint density at radius 1 is 0.451 bits per heavy atom. The minimum absolute atomic E-state index is 0.545. The molecule has 0 aliphatic heterocycles. The summed E-state index contributed by atoms with van der Waals surface area (Å²) in [7, 11) is -9.28. The molecule has 0 radical (unpaired) electrons. The summed E-state index contributed by atoms with van der Waals surface area (Å²) in [6.45, 7) is 2.86. The summed E-state index contributed by atoms with van der Waals surface area (Å²) in [4.78, 5) is 43.1. The van der Waals surface area contributed by atoms with Crippen LogP contribution in [0.15, 0.2) is 48.5 Å². The van der Waals surface area contributed by atoms with Gasteiger partial charge in [0.25, 0.3) is 0 Å². The van der Waals surface area contributed by atoms with E-state index in [0.29, 0.717) is 11.1 Å². The minimum Gasteiger partial charge on any atom is -0.395 e. The van der Waals surface area contributed by atoms with Crippen molar-refractivity contribution in [1.82, 2.24) is 0 Å². The Kier molecular flexibility index (Phi) is 26.3. The van der Waals surface area contributed by atoms with Gasteiger partial charge in [-0.2, -0.15) is 0 Å². The number of aryl methyl sites for hydroxylation is 2. The molecule has 0 aromatic heterocycles. The van der Waals surface area contributed by atoms with Crippen molar-refractivity contribution in [3.8, 4) is 0 Å². The molecular weight excluding hydrogens is 698 g/mol. The van der Waals surface area contributed by atoms with Gasteiger partial charge >= 0.3 is 15.6 Å². The molecule has 0 heterocycles. The Labute approximate surface area is 305 Å². The summed E-state index contributed by atoms with van der Waals surface area (Å²) in [5.41, 5.74) is 0.316. The maximum atomic E-state index is 12.2. The quantitative estimate of drug-likeness (QED) is 0.0413. The van der Waals surface area contributed by atoms with Crippen LogP contribution in [0.1, 0.15) is 139 Å². The number of aliphatic hydroxyl groups excluding tert-OH is 3. The molecule has 0 saturated carbocycles. The van der Waals surface area contributed by atoms with Gasteiger partial charge in [-0.1, -0.05) is 152 Å². The number of hydrogen-bond acceptors (Lipinski definition) is 6. The third-order valence-corrected chi connectivity index (χ3v) is 9.06. The zero-order valence-corrected chi connectivity index (χ0v) is 32.4. The van der Waals surface area contributed by atoms with Crippen molar-refractivity contribution in [1.29, 1.82) is 0 Å². The summed E-state index contributed by atoms with van der Waals surface area (Å²) in [5, 5.41) is 43.2. The van der Waals surface area contributed by atoms with E-state index in [1.54, 1.807) is 0 Å². The molecule has 2 aromatic carbocycles. The number of hydrogen-bond donors (Lipinski definition) is 10. The van der Waals surface area contributed by atoms with Gasteiger partial charge in [0.05, 0.1) is 25.2 Å². The molecule has 0 spiro atoms. The highest BCUT2D eigenvalue weighted by atomic mass is 31.2. The van der Waals surface area contributed by atoms with Crippen LogP contribution in [0.4, 0.5) is 0 Å². The SMILES string of the molecule is CCCCCCCCCCc1ccc(C(O)(c2ccc(CCCCCCCCCC)cc2)C(CO)(CO)CO)cc1.O=P(O)(O)O.O=P(O)(O)O. The first kappa shape index (κ1) is 49.5. The lowest BCUT2D eigenvalue weighted by atomic mass is 9.65. The number of phosphoric acid groups is 2. The van der Waals surface area contributed by atoms with Gasteiger partial charge in [0.1, 0.15) is 5.60 Å². The molecule has 10 N–H and O–H groups in total. The molecule has 0 unspecified atom stereocenters. The topological polar surface area (TPSA) is 236 Å². The Morgan fingerprint density at radius 2 is 0.686 bits per heavy atom. The van der Waals surface area contributed by atoms with Gasteiger partial charge in [-0.15, -0.1) is 0 Å². The molecule has 0 aliphatic carbocycles. The Balaban J connectivity index is 0.00000219. The normalized spacial score (nSPS) is 12.2. The number of aliphatic hydroxyl groups is 4. The molecular formula is C37H66O12P2. The van der Waals surface area contributed by atoms with E-state index in [1.165, 1.54) is 101 Å². The van der Waals surface area contributed by atoms with Gasteiger partial charge in [-0.25, -0.2) is 9.13 Å². The first-order valence-corrected chi connectivity index (χ1v) is 21.4. The predicted octanol–water partition coefficient (Wildman–Crippen LogP) is 6.40. The van der Waals surface area contributed by atoms with Crippen LogP contribution in [0.3, 0.4) is 0 Å². The van der Waals surface area contributed by atoms with Crippen LogP contribution in [-0.2, 0) is 27.6 Å². The van der Waals surface area contributed by atoms with Gasteiger partial charge < -0.3 is 49.8 Å². The zero-order valence-electron chi connectivity index (χ0n) is 30.7. The third kappa shape index (κ3) is 22.3. The standard InChI is InChI=1S/C37H60O4.2H3O4P/c1-3-5-7-9-11-13-15-17-19-32-21-25-34(26-22-32)37(41,36(29-38,30-39)31-40)35-27-23-33(24-28-35)20-18-16-14-12-10-8-6-4-2;2*1-5(2,3)4/h21-28,38-41H,3-20,29-31H2,1-2H3;2*(H3,1,2,3,4). The smallest absolute Gasteiger partial charge is 0.395 e. The number of unbranched alkanes of at least 4 members (excludes halogenated alkanes) is 14. The van der Waals surface area contributed by atoms with Crippen LogP contribution in [0.2, 0.25) is 0 Å². The first-order valence-electron chi connectivity index (χ1n) is 18.3. The fraction of sp³-hybridized carbons (Fsp3) is 0.676. The molecule has 51 heavy (non-hydrogen) atoms. The molecule has 0 aliphatic rings. The maximum Gasteiger partial charge on any atom is 0.466 e. The van der Waals surface area contributed by atoms with Gasteiger partial charge in [0.15, 0.2) is 0 Å². The van der Waals surface area contributed by atoms with Crippen LogP contribution in [0, 0.1) is 5.41 Å². The summed E-state index contributed by atoms with van der Waals surface area (Å²) in [6, 6.07) is 15.7. The zero-order chi connectivity index (χ0) is 38.8. The lowest BCUT2D eigenvalue weighted by Gasteiger charge is -2.45. The Bertz CT molecular complexity index is 1120. The summed E-state index contributed by atoms with van der Waals surface area (Å²) in [5.74, 6) is 0. The van der Waals surface area contributed by atoms with Crippen LogP contribution < -0.4 is 0 Å². The van der Waals surface area contributed by atoms with Crippen molar-refractivity contribution in [2.45, 2.75) is 135 Å². The highest BCUT2D eigenvalue weighted by Crippen LogP contribution is 2.45. The third-order valence-electron chi connectivity index (χ3n) is 9.06. The lowest BCUT2D eigenvalue weighted by molar-refractivity contribution is -0.136. The predicted molar refractivity (Wildman–Crippen MR) is 201 cm³/mol. The Morgan fingerprint density at radius 3 is 0.922 bits per heavy atom. The lowest BCUT2D eigenvalue weighted by Crippen LogP contribution is -2.54.